The molecule has 116 valence electrons. The van der Waals surface area contributed by atoms with Crippen LogP contribution in [-0.4, -0.2) is 31.8 Å². The summed E-state index contributed by atoms with van der Waals surface area (Å²) in [5.41, 5.74) is 1.16. The predicted octanol–water partition coefficient (Wildman–Crippen LogP) is 2.11. The van der Waals surface area contributed by atoms with E-state index in [9.17, 15) is 13.2 Å². The molecule has 2 atom stereocenters. The highest BCUT2D eigenvalue weighted by Gasteiger charge is 2.27. The van der Waals surface area contributed by atoms with Crippen LogP contribution in [0.25, 0.3) is 0 Å². The van der Waals surface area contributed by atoms with E-state index in [4.69, 9.17) is 5.11 Å². The zero-order chi connectivity index (χ0) is 15.5. The van der Waals surface area contributed by atoms with Gasteiger partial charge in [-0.1, -0.05) is 18.6 Å². The monoisotopic (exact) mass is 312 g/mol. The van der Waals surface area contributed by atoms with Gasteiger partial charge in [-0.3, -0.25) is 9.52 Å². The number of carbonyl (C=O) groups is 1. The van der Waals surface area contributed by atoms with Gasteiger partial charge in [-0.05, 0) is 31.4 Å². The number of sulfonamides is 1. The first-order chi connectivity index (χ1) is 9.85. The molecule has 2 rings (SSSR count). The molecule has 1 aromatic rings. The van der Waals surface area contributed by atoms with Gasteiger partial charge in [0.1, 0.15) is 0 Å². The van der Waals surface area contributed by atoms with Crippen molar-refractivity contribution in [2.24, 2.45) is 5.92 Å². The van der Waals surface area contributed by atoms with E-state index < -0.39 is 16.0 Å². The van der Waals surface area contributed by atoms with Crippen LogP contribution in [0, 0.1) is 5.92 Å². The van der Waals surface area contributed by atoms with E-state index in [1.165, 1.54) is 0 Å². The molecule has 0 spiro atoms. The van der Waals surface area contributed by atoms with Crippen LogP contribution in [-0.2, 0) is 14.8 Å². The summed E-state index contributed by atoms with van der Waals surface area (Å²) in [5.74, 6) is -1.09. The lowest BCUT2D eigenvalue weighted by Crippen LogP contribution is -2.31. The molecule has 0 aromatic heterocycles. The van der Waals surface area contributed by atoms with Crippen LogP contribution in [0.2, 0.25) is 0 Å². The summed E-state index contributed by atoms with van der Waals surface area (Å²) in [4.78, 5) is 11.1. The van der Waals surface area contributed by atoms with Gasteiger partial charge in [0.2, 0.25) is 10.0 Å². The van der Waals surface area contributed by atoms with Crippen LogP contribution in [0.3, 0.4) is 0 Å². The van der Waals surface area contributed by atoms with Gasteiger partial charge in [-0.15, -0.1) is 0 Å². The molecule has 2 unspecified atom stereocenters. The van der Waals surface area contributed by atoms with Crippen LogP contribution < -0.4 is 10.0 Å². The van der Waals surface area contributed by atoms with E-state index in [1.54, 1.807) is 18.2 Å². The molecule has 1 saturated carbocycles. The van der Waals surface area contributed by atoms with Gasteiger partial charge < -0.3 is 10.4 Å². The molecular weight excluding hydrogens is 292 g/mol. The van der Waals surface area contributed by atoms with Crippen molar-refractivity contribution in [1.82, 2.24) is 0 Å². The average molecular weight is 312 g/mol. The number of carboxylic acid groups (broad SMARTS) is 1. The molecule has 0 radical (unpaired) electrons. The Morgan fingerprint density at radius 3 is 2.52 bits per heavy atom. The number of hydrogen-bond acceptors (Lipinski definition) is 4. The number of hydrogen-bond donors (Lipinski definition) is 3. The van der Waals surface area contributed by atoms with E-state index in [-0.39, 0.29) is 12.0 Å². The molecule has 21 heavy (non-hydrogen) atoms. The van der Waals surface area contributed by atoms with Gasteiger partial charge in [0.05, 0.1) is 23.5 Å². The van der Waals surface area contributed by atoms with Gasteiger partial charge in [0, 0.05) is 6.04 Å². The van der Waals surface area contributed by atoms with Gasteiger partial charge >= 0.3 is 5.97 Å². The van der Waals surface area contributed by atoms with E-state index in [0.717, 1.165) is 19.1 Å². The minimum absolute atomic E-state index is 0.0439. The van der Waals surface area contributed by atoms with Crippen LogP contribution in [0.5, 0.6) is 0 Å². The molecule has 1 aliphatic carbocycles. The first-order valence-corrected chi connectivity index (χ1v) is 8.80. The van der Waals surface area contributed by atoms with Gasteiger partial charge in [-0.25, -0.2) is 8.42 Å². The Hall–Kier alpha value is -1.76. The molecule has 6 nitrogen and oxygen atoms in total. The van der Waals surface area contributed by atoms with E-state index in [2.05, 4.69) is 10.0 Å². The maximum absolute atomic E-state index is 11.4. The normalized spacial score (nSPS) is 22.5. The van der Waals surface area contributed by atoms with E-state index in [1.807, 2.05) is 6.07 Å². The highest BCUT2D eigenvalue weighted by atomic mass is 32.2. The molecule has 7 heteroatoms. The van der Waals surface area contributed by atoms with E-state index in [0.29, 0.717) is 24.2 Å². The largest absolute Gasteiger partial charge is 0.481 e. The lowest BCUT2D eigenvalue weighted by Gasteiger charge is -2.29. The van der Waals surface area contributed by atoms with Crippen molar-refractivity contribution in [2.75, 3.05) is 16.3 Å². The maximum Gasteiger partial charge on any atom is 0.306 e. The quantitative estimate of drug-likeness (QED) is 0.774. The zero-order valence-corrected chi connectivity index (χ0v) is 12.7. The van der Waals surface area contributed by atoms with Crippen molar-refractivity contribution in [2.45, 2.75) is 31.7 Å². The van der Waals surface area contributed by atoms with Crippen molar-refractivity contribution < 1.29 is 18.3 Å². The van der Waals surface area contributed by atoms with E-state index >= 15 is 0 Å². The minimum atomic E-state index is -3.35. The zero-order valence-electron chi connectivity index (χ0n) is 11.9. The third-order valence-electron chi connectivity index (χ3n) is 3.61. The van der Waals surface area contributed by atoms with Crippen LogP contribution in [0.4, 0.5) is 11.4 Å². The molecule has 0 aliphatic heterocycles. The molecular formula is C14H20N2O4S. The minimum Gasteiger partial charge on any atom is -0.481 e. The second kappa shape index (κ2) is 6.34. The summed E-state index contributed by atoms with van der Waals surface area (Å²) in [5, 5.41) is 12.4. The molecule has 1 aromatic carbocycles. The van der Waals surface area contributed by atoms with Gasteiger partial charge in [-0.2, -0.15) is 0 Å². The fraction of sp³-hybridized carbons (Fsp3) is 0.500. The summed E-state index contributed by atoms with van der Waals surface area (Å²) < 4.78 is 25.2. The van der Waals surface area contributed by atoms with Crippen molar-refractivity contribution in [1.29, 1.82) is 0 Å². The lowest BCUT2D eigenvalue weighted by atomic mass is 9.85. The highest BCUT2D eigenvalue weighted by molar-refractivity contribution is 7.92. The van der Waals surface area contributed by atoms with Crippen LogP contribution in [0.15, 0.2) is 24.3 Å². The number of benzene rings is 1. The first-order valence-electron chi connectivity index (χ1n) is 6.91. The molecule has 1 fully saturated rings. The first kappa shape index (κ1) is 15.6. The number of rotatable bonds is 5. The fourth-order valence-electron chi connectivity index (χ4n) is 2.66. The Labute approximate surface area is 124 Å². The van der Waals surface area contributed by atoms with Gasteiger partial charge in [0.15, 0.2) is 0 Å². The van der Waals surface area contributed by atoms with Crippen LogP contribution in [0.1, 0.15) is 25.7 Å². The topological polar surface area (TPSA) is 95.5 Å². The fourth-order valence-corrected chi connectivity index (χ4v) is 3.24. The SMILES string of the molecule is CS(=O)(=O)Nc1ccccc1NC1CCCC(C(=O)O)C1. The highest BCUT2D eigenvalue weighted by Crippen LogP contribution is 2.29. The average Bonchev–Trinajstić information content (AvgIpc) is 2.40. The summed E-state index contributed by atoms with van der Waals surface area (Å²) in [6.45, 7) is 0. The molecule has 0 bridgehead atoms. The van der Waals surface area contributed by atoms with Crippen molar-refractivity contribution in [3.05, 3.63) is 24.3 Å². The molecule has 0 saturated heterocycles. The predicted molar refractivity (Wildman–Crippen MR) is 81.9 cm³/mol. The summed E-state index contributed by atoms with van der Waals surface area (Å²) in [6, 6.07) is 7.08. The summed E-state index contributed by atoms with van der Waals surface area (Å²) in [7, 11) is -3.35. The molecule has 0 heterocycles. The third kappa shape index (κ3) is 4.63. The van der Waals surface area contributed by atoms with Crippen molar-refractivity contribution >= 4 is 27.4 Å². The number of para-hydroxylation sites is 2. The summed E-state index contributed by atoms with van der Waals surface area (Å²) in [6.07, 6.45) is 4.11. The van der Waals surface area contributed by atoms with Gasteiger partial charge in [0.25, 0.3) is 0 Å². The second-order valence-corrected chi connectivity index (χ2v) is 7.21. The Morgan fingerprint density at radius 2 is 1.90 bits per heavy atom. The van der Waals surface area contributed by atoms with Crippen molar-refractivity contribution in [3.8, 4) is 0 Å². The Balaban J connectivity index is 2.10. The summed E-state index contributed by atoms with van der Waals surface area (Å²) >= 11 is 0. The third-order valence-corrected chi connectivity index (χ3v) is 4.20. The number of aliphatic carboxylic acids is 1. The Kier molecular flexibility index (Phi) is 4.72. The Bertz CT molecular complexity index is 615. The second-order valence-electron chi connectivity index (χ2n) is 5.46. The lowest BCUT2D eigenvalue weighted by molar-refractivity contribution is -0.142. The van der Waals surface area contributed by atoms with Crippen LogP contribution >= 0.6 is 0 Å². The maximum atomic E-state index is 11.4. The molecule has 0 amide bonds. The smallest absolute Gasteiger partial charge is 0.306 e. The Morgan fingerprint density at radius 1 is 1.24 bits per heavy atom. The molecule has 1 aliphatic rings. The molecule has 3 N–H and O–H groups in total. The van der Waals surface area contributed by atoms with Crippen molar-refractivity contribution in [3.63, 3.8) is 0 Å². The number of carboxylic acids is 1. The number of nitrogens with one attached hydrogen (secondary N) is 2. The number of anilines is 2. The standard InChI is InChI=1S/C14H20N2O4S/c1-21(19,20)16-13-8-3-2-7-12(13)15-11-6-4-5-10(9-11)14(17)18/h2-3,7-8,10-11,15-16H,4-6,9H2,1H3,(H,17,18).